The van der Waals surface area contributed by atoms with Gasteiger partial charge in [-0.15, -0.1) is 0 Å². The second-order valence-electron chi connectivity index (χ2n) is 7.39. The minimum absolute atomic E-state index is 0.0252. The lowest BCUT2D eigenvalue weighted by atomic mass is 9.94. The predicted molar refractivity (Wildman–Crippen MR) is 96.1 cm³/mol. The number of aryl methyl sites for hydroxylation is 2. The van der Waals surface area contributed by atoms with E-state index in [1.807, 2.05) is 11.1 Å². The molecule has 5 nitrogen and oxygen atoms in total. The third kappa shape index (κ3) is 3.08. The van der Waals surface area contributed by atoms with Crippen molar-refractivity contribution in [3.8, 4) is 0 Å². The second kappa shape index (κ2) is 6.62. The molecular weight excluding hydrogens is 314 g/mol. The lowest BCUT2D eigenvalue weighted by Gasteiger charge is -2.33. The monoisotopic (exact) mass is 339 g/mol. The summed E-state index contributed by atoms with van der Waals surface area (Å²) in [5.41, 5.74) is 4.09. The minimum Gasteiger partial charge on any atom is -0.343 e. The van der Waals surface area contributed by atoms with E-state index < -0.39 is 0 Å². The Balaban J connectivity index is 1.47. The van der Waals surface area contributed by atoms with Crippen LogP contribution in [0.4, 0.5) is 0 Å². The highest BCUT2D eigenvalue weighted by molar-refractivity contribution is 5.82. The number of hydrogen-bond donors (Lipinski definition) is 0. The van der Waals surface area contributed by atoms with Crippen LogP contribution >= 0.6 is 0 Å². The van der Waals surface area contributed by atoms with Crippen molar-refractivity contribution in [3.05, 3.63) is 34.9 Å². The Morgan fingerprint density at radius 1 is 1.12 bits per heavy atom. The molecule has 1 aliphatic carbocycles. The quantitative estimate of drug-likeness (QED) is 0.832. The molecule has 132 valence electrons. The highest BCUT2D eigenvalue weighted by Crippen LogP contribution is 2.34. The normalized spacial score (nSPS) is 23.2. The summed E-state index contributed by atoms with van der Waals surface area (Å²) in [6.45, 7) is 2.94. The number of nitrogens with zero attached hydrogens (tertiary/aromatic N) is 3. The summed E-state index contributed by atoms with van der Waals surface area (Å²) in [5.74, 6) is 0.186. The molecule has 25 heavy (non-hydrogen) atoms. The van der Waals surface area contributed by atoms with Gasteiger partial charge in [0.05, 0.1) is 6.04 Å². The lowest BCUT2D eigenvalue weighted by molar-refractivity contribution is -0.141. The molecule has 1 aromatic rings. The number of piperidine rings is 1. The molecule has 1 aromatic carbocycles. The van der Waals surface area contributed by atoms with E-state index in [9.17, 15) is 9.59 Å². The van der Waals surface area contributed by atoms with Crippen LogP contribution in [0.25, 0.3) is 0 Å². The van der Waals surface area contributed by atoms with Crippen molar-refractivity contribution in [2.45, 2.75) is 51.5 Å². The first kappa shape index (κ1) is 16.3. The van der Waals surface area contributed by atoms with E-state index >= 15 is 0 Å². The summed E-state index contributed by atoms with van der Waals surface area (Å²) in [5, 5.41) is 6.09. The third-order valence-corrected chi connectivity index (χ3v) is 5.85. The Hall–Kier alpha value is -2.17. The first-order valence-electron chi connectivity index (χ1n) is 9.36. The maximum absolute atomic E-state index is 13.0. The van der Waals surface area contributed by atoms with Gasteiger partial charge in [-0.3, -0.25) is 9.59 Å². The number of hydrogen-bond acceptors (Lipinski definition) is 3. The molecule has 3 aliphatic rings. The molecule has 0 saturated carbocycles. The van der Waals surface area contributed by atoms with Gasteiger partial charge < -0.3 is 4.90 Å². The number of hydrazone groups is 1. The van der Waals surface area contributed by atoms with Gasteiger partial charge >= 0.3 is 0 Å². The number of rotatable bonds is 2. The van der Waals surface area contributed by atoms with Crippen LogP contribution in [0, 0.1) is 5.92 Å². The van der Waals surface area contributed by atoms with Gasteiger partial charge in [-0.2, -0.15) is 5.10 Å². The Bertz CT molecular complexity index is 720. The van der Waals surface area contributed by atoms with Gasteiger partial charge in [0.25, 0.3) is 0 Å². The summed E-state index contributed by atoms with van der Waals surface area (Å²) < 4.78 is 0. The van der Waals surface area contributed by atoms with Crippen molar-refractivity contribution >= 4 is 18.0 Å². The summed E-state index contributed by atoms with van der Waals surface area (Å²) in [6, 6.07) is 6.70. The SMILES string of the molecule is CC(=O)N1CCC(C(=O)N2N=CCC2c2ccc3c(c2)CCC3)CC1. The number of likely N-dealkylation sites (tertiary alicyclic amines) is 1. The molecule has 0 aromatic heterocycles. The fraction of sp³-hybridized carbons (Fsp3) is 0.550. The molecule has 1 atom stereocenters. The van der Waals surface area contributed by atoms with Crippen LogP contribution in [-0.4, -0.2) is 41.0 Å². The molecule has 2 amide bonds. The van der Waals surface area contributed by atoms with Crippen LogP contribution in [0.3, 0.4) is 0 Å². The van der Waals surface area contributed by atoms with E-state index in [1.165, 1.54) is 29.5 Å². The topological polar surface area (TPSA) is 53.0 Å². The summed E-state index contributed by atoms with van der Waals surface area (Å²) in [7, 11) is 0. The Labute approximate surface area is 148 Å². The van der Waals surface area contributed by atoms with Gasteiger partial charge in [-0.05, 0) is 48.8 Å². The van der Waals surface area contributed by atoms with Crippen LogP contribution in [0.5, 0.6) is 0 Å². The second-order valence-corrected chi connectivity index (χ2v) is 7.39. The Morgan fingerprint density at radius 3 is 2.64 bits per heavy atom. The van der Waals surface area contributed by atoms with E-state index in [1.54, 1.807) is 11.9 Å². The Kier molecular flexibility index (Phi) is 4.32. The van der Waals surface area contributed by atoms with Crippen LogP contribution in [0.1, 0.15) is 55.3 Å². The third-order valence-electron chi connectivity index (χ3n) is 5.85. The molecule has 1 saturated heterocycles. The predicted octanol–water partition coefficient (Wildman–Crippen LogP) is 2.69. The summed E-state index contributed by atoms with van der Waals surface area (Å²) in [6.07, 6.45) is 7.68. The van der Waals surface area contributed by atoms with Crippen LogP contribution in [0.2, 0.25) is 0 Å². The average molecular weight is 339 g/mol. The largest absolute Gasteiger partial charge is 0.343 e. The average Bonchev–Trinajstić information content (AvgIpc) is 3.29. The zero-order valence-corrected chi connectivity index (χ0v) is 14.8. The highest BCUT2D eigenvalue weighted by Gasteiger charge is 2.35. The summed E-state index contributed by atoms with van der Waals surface area (Å²) in [4.78, 5) is 26.3. The van der Waals surface area contributed by atoms with Gasteiger partial charge in [0.15, 0.2) is 0 Å². The number of amides is 2. The number of carbonyl (C=O) groups excluding carboxylic acids is 2. The molecule has 4 rings (SSSR count). The van der Waals surface area contributed by atoms with Gasteiger partial charge in [-0.25, -0.2) is 5.01 Å². The van der Waals surface area contributed by atoms with E-state index in [0.717, 1.165) is 25.7 Å². The smallest absolute Gasteiger partial charge is 0.246 e. The van der Waals surface area contributed by atoms with Gasteiger partial charge in [-0.1, -0.05) is 18.2 Å². The van der Waals surface area contributed by atoms with Gasteiger partial charge in [0, 0.05) is 38.6 Å². The maximum atomic E-state index is 13.0. The molecule has 5 heteroatoms. The van der Waals surface area contributed by atoms with Crippen molar-refractivity contribution < 1.29 is 9.59 Å². The zero-order chi connectivity index (χ0) is 17.4. The van der Waals surface area contributed by atoms with Crippen LogP contribution in [0.15, 0.2) is 23.3 Å². The standard InChI is InChI=1S/C20H25N3O2/c1-14(24)22-11-8-16(9-12-22)20(25)23-19(7-10-21-23)18-6-5-15-3-2-4-17(15)13-18/h5-6,10,13,16,19H,2-4,7-9,11-12H2,1H3. The highest BCUT2D eigenvalue weighted by atomic mass is 16.2. The molecule has 0 radical (unpaired) electrons. The van der Waals surface area contributed by atoms with Crippen molar-refractivity contribution in [2.24, 2.45) is 11.0 Å². The Morgan fingerprint density at radius 2 is 1.88 bits per heavy atom. The van der Waals surface area contributed by atoms with E-state index in [-0.39, 0.29) is 23.8 Å². The van der Waals surface area contributed by atoms with Crippen molar-refractivity contribution in [3.63, 3.8) is 0 Å². The van der Waals surface area contributed by atoms with Gasteiger partial charge in [0.1, 0.15) is 0 Å². The fourth-order valence-electron chi connectivity index (χ4n) is 4.33. The number of fused-ring (bicyclic) bond motifs is 1. The molecule has 0 N–H and O–H groups in total. The van der Waals surface area contributed by atoms with E-state index in [0.29, 0.717) is 13.1 Å². The first-order valence-corrected chi connectivity index (χ1v) is 9.36. The molecule has 2 heterocycles. The first-order chi connectivity index (χ1) is 12.1. The molecule has 0 spiro atoms. The molecule has 1 fully saturated rings. The fourth-order valence-corrected chi connectivity index (χ4v) is 4.33. The zero-order valence-electron chi connectivity index (χ0n) is 14.8. The molecular formula is C20H25N3O2. The van der Waals surface area contributed by atoms with E-state index in [4.69, 9.17) is 0 Å². The number of benzene rings is 1. The number of carbonyl (C=O) groups is 2. The summed E-state index contributed by atoms with van der Waals surface area (Å²) >= 11 is 0. The van der Waals surface area contributed by atoms with Crippen molar-refractivity contribution in [1.29, 1.82) is 0 Å². The van der Waals surface area contributed by atoms with Crippen LogP contribution in [-0.2, 0) is 22.4 Å². The van der Waals surface area contributed by atoms with Crippen molar-refractivity contribution in [1.82, 2.24) is 9.91 Å². The van der Waals surface area contributed by atoms with Crippen LogP contribution < -0.4 is 0 Å². The maximum Gasteiger partial charge on any atom is 0.246 e. The van der Waals surface area contributed by atoms with Gasteiger partial charge in [0.2, 0.25) is 11.8 Å². The lowest BCUT2D eigenvalue weighted by Crippen LogP contribution is -2.42. The van der Waals surface area contributed by atoms with Crippen molar-refractivity contribution in [2.75, 3.05) is 13.1 Å². The minimum atomic E-state index is -0.0252. The molecule has 0 bridgehead atoms. The van der Waals surface area contributed by atoms with E-state index in [2.05, 4.69) is 23.3 Å². The molecule has 2 aliphatic heterocycles. The molecule has 1 unspecified atom stereocenters.